The molecular formula is C25H26N2O4S. The maximum atomic E-state index is 13.4. The van der Waals surface area contributed by atoms with Gasteiger partial charge in [0.05, 0.1) is 23.8 Å². The van der Waals surface area contributed by atoms with Crippen LogP contribution in [0.25, 0.3) is 11.1 Å². The zero-order valence-electron chi connectivity index (χ0n) is 18.2. The molecule has 0 aliphatic carbocycles. The summed E-state index contributed by atoms with van der Waals surface area (Å²) in [6.07, 6.45) is 0. The highest BCUT2D eigenvalue weighted by molar-refractivity contribution is 7.89. The SMILES string of the molecule is Cc1ccc(C(=O)N(C)c2ccccc2-c2ccccc2)cc1S(=O)(=O)N1CCOCC1. The van der Waals surface area contributed by atoms with Gasteiger partial charge in [0.15, 0.2) is 0 Å². The summed E-state index contributed by atoms with van der Waals surface area (Å²) in [4.78, 5) is 15.1. The molecule has 1 aliphatic rings. The van der Waals surface area contributed by atoms with E-state index in [9.17, 15) is 13.2 Å². The van der Waals surface area contributed by atoms with Crippen LogP contribution < -0.4 is 4.90 Å². The van der Waals surface area contributed by atoms with Crippen molar-refractivity contribution in [2.75, 3.05) is 38.3 Å². The van der Waals surface area contributed by atoms with Crippen LogP contribution in [0.4, 0.5) is 5.69 Å². The number of aryl methyl sites for hydroxylation is 1. The number of amides is 1. The fourth-order valence-corrected chi connectivity index (χ4v) is 5.53. The molecule has 0 N–H and O–H groups in total. The maximum Gasteiger partial charge on any atom is 0.258 e. The first-order valence-corrected chi connectivity index (χ1v) is 11.9. The highest BCUT2D eigenvalue weighted by Gasteiger charge is 2.29. The summed E-state index contributed by atoms with van der Waals surface area (Å²) < 4.78 is 33.1. The van der Waals surface area contributed by atoms with Gasteiger partial charge in [0.1, 0.15) is 0 Å². The average Bonchev–Trinajstić information content (AvgIpc) is 2.84. The summed E-state index contributed by atoms with van der Waals surface area (Å²) in [6, 6.07) is 22.4. The van der Waals surface area contributed by atoms with E-state index < -0.39 is 10.0 Å². The lowest BCUT2D eigenvalue weighted by molar-refractivity contribution is 0.0730. The van der Waals surface area contributed by atoms with Crippen LogP contribution in [0, 0.1) is 6.92 Å². The van der Waals surface area contributed by atoms with Gasteiger partial charge in [0.25, 0.3) is 5.91 Å². The van der Waals surface area contributed by atoms with Gasteiger partial charge in [0.2, 0.25) is 10.0 Å². The minimum absolute atomic E-state index is 0.162. The summed E-state index contributed by atoms with van der Waals surface area (Å²) in [7, 11) is -2.00. The van der Waals surface area contributed by atoms with E-state index in [1.165, 1.54) is 10.4 Å². The summed E-state index contributed by atoms with van der Waals surface area (Å²) in [5, 5.41) is 0. The number of ether oxygens (including phenoxy) is 1. The Hall–Kier alpha value is -3.00. The molecule has 3 aromatic rings. The standard InChI is InChI=1S/C25H26N2O4S/c1-19-12-13-21(18-24(19)32(29,30)27-14-16-31-17-15-27)25(28)26(2)23-11-7-6-10-22(23)20-8-4-3-5-9-20/h3-13,18H,14-17H2,1-2H3. The van der Waals surface area contributed by atoms with Crippen molar-refractivity contribution in [1.29, 1.82) is 0 Å². The summed E-state index contributed by atoms with van der Waals surface area (Å²) in [5.74, 6) is -0.271. The largest absolute Gasteiger partial charge is 0.379 e. The van der Waals surface area contributed by atoms with E-state index in [2.05, 4.69) is 0 Å². The first-order valence-electron chi connectivity index (χ1n) is 10.5. The fraction of sp³-hybridized carbons (Fsp3) is 0.240. The predicted octanol–water partition coefficient (Wildman–Crippen LogP) is 3.96. The fourth-order valence-electron chi connectivity index (χ4n) is 3.87. The third kappa shape index (κ3) is 4.32. The molecule has 0 unspecified atom stereocenters. The number of morpholine rings is 1. The molecule has 32 heavy (non-hydrogen) atoms. The van der Waals surface area contributed by atoms with Crippen molar-refractivity contribution in [2.45, 2.75) is 11.8 Å². The Kier molecular flexibility index (Phi) is 6.41. The second kappa shape index (κ2) is 9.24. The smallest absolute Gasteiger partial charge is 0.258 e. The lowest BCUT2D eigenvalue weighted by Gasteiger charge is -2.27. The molecule has 1 aliphatic heterocycles. The molecule has 6 nitrogen and oxygen atoms in total. The topological polar surface area (TPSA) is 66.9 Å². The van der Waals surface area contributed by atoms with Crippen LogP contribution in [0.1, 0.15) is 15.9 Å². The molecule has 0 bridgehead atoms. The molecular weight excluding hydrogens is 424 g/mol. The molecule has 0 aromatic heterocycles. The molecule has 4 rings (SSSR count). The van der Waals surface area contributed by atoms with E-state index >= 15 is 0 Å². The molecule has 3 aromatic carbocycles. The van der Waals surface area contributed by atoms with Crippen molar-refractivity contribution >= 4 is 21.6 Å². The Morgan fingerprint density at radius 1 is 0.938 bits per heavy atom. The van der Waals surface area contributed by atoms with Gasteiger partial charge in [-0.25, -0.2) is 8.42 Å². The van der Waals surface area contributed by atoms with Gasteiger partial charge in [-0.15, -0.1) is 0 Å². The zero-order valence-corrected chi connectivity index (χ0v) is 19.0. The van der Waals surface area contributed by atoms with E-state index in [4.69, 9.17) is 4.74 Å². The number of carbonyl (C=O) groups excluding carboxylic acids is 1. The molecule has 1 fully saturated rings. The summed E-state index contributed by atoms with van der Waals surface area (Å²) in [5.41, 5.74) is 3.62. The minimum atomic E-state index is -3.71. The Morgan fingerprint density at radius 3 is 2.31 bits per heavy atom. The lowest BCUT2D eigenvalue weighted by atomic mass is 10.0. The van der Waals surface area contributed by atoms with Gasteiger partial charge >= 0.3 is 0 Å². The molecule has 7 heteroatoms. The van der Waals surface area contributed by atoms with Crippen molar-refractivity contribution in [3.63, 3.8) is 0 Å². The number of hydrogen-bond acceptors (Lipinski definition) is 4. The van der Waals surface area contributed by atoms with Crippen LogP contribution in [-0.4, -0.2) is 52.0 Å². The van der Waals surface area contributed by atoms with Crippen molar-refractivity contribution < 1.29 is 17.9 Å². The quantitative estimate of drug-likeness (QED) is 0.590. The zero-order chi connectivity index (χ0) is 22.7. The van der Waals surface area contributed by atoms with Crippen molar-refractivity contribution in [1.82, 2.24) is 4.31 Å². The summed E-state index contributed by atoms with van der Waals surface area (Å²) >= 11 is 0. The monoisotopic (exact) mass is 450 g/mol. The van der Waals surface area contributed by atoms with Crippen molar-refractivity contribution in [3.8, 4) is 11.1 Å². The number of benzene rings is 3. The highest BCUT2D eigenvalue weighted by Crippen LogP contribution is 2.31. The molecule has 0 spiro atoms. The predicted molar refractivity (Wildman–Crippen MR) is 125 cm³/mol. The summed E-state index contributed by atoms with van der Waals surface area (Å²) in [6.45, 7) is 3.11. The molecule has 1 saturated heterocycles. The number of hydrogen-bond donors (Lipinski definition) is 0. The number of rotatable bonds is 5. The molecule has 1 amide bonds. The number of nitrogens with zero attached hydrogens (tertiary/aromatic N) is 2. The lowest BCUT2D eigenvalue weighted by Crippen LogP contribution is -2.41. The van der Waals surface area contributed by atoms with Crippen molar-refractivity contribution in [3.05, 3.63) is 83.9 Å². The van der Waals surface area contributed by atoms with Crippen LogP contribution in [-0.2, 0) is 14.8 Å². The minimum Gasteiger partial charge on any atom is -0.379 e. The van der Waals surface area contributed by atoms with Crippen molar-refractivity contribution in [2.24, 2.45) is 0 Å². The van der Waals surface area contributed by atoms with Gasteiger partial charge in [-0.3, -0.25) is 4.79 Å². The van der Waals surface area contributed by atoms with Crippen LogP contribution in [0.2, 0.25) is 0 Å². The van der Waals surface area contributed by atoms with E-state index in [0.29, 0.717) is 37.4 Å². The number of para-hydroxylation sites is 1. The van der Waals surface area contributed by atoms with Crippen LogP contribution in [0.15, 0.2) is 77.7 Å². The molecule has 1 heterocycles. The van der Waals surface area contributed by atoms with E-state index in [1.54, 1.807) is 31.0 Å². The number of anilines is 1. The number of carbonyl (C=O) groups is 1. The maximum absolute atomic E-state index is 13.4. The highest BCUT2D eigenvalue weighted by atomic mass is 32.2. The van der Waals surface area contributed by atoms with Crippen LogP contribution in [0.3, 0.4) is 0 Å². The second-order valence-electron chi connectivity index (χ2n) is 7.74. The second-order valence-corrected chi connectivity index (χ2v) is 9.65. The van der Waals surface area contributed by atoms with Gasteiger partial charge in [-0.05, 0) is 36.2 Å². The van der Waals surface area contributed by atoms with Crippen LogP contribution >= 0.6 is 0 Å². The number of sulfonamides is 1. The van der Waals surface area contributed by atoms with Crippen LogP contribution in [0.5, 0.6) is 0 Å². The Labute approximate surface area is 189 Å². The first kappa shape index (κ1) is 22.2. The molecule has 166 valence electrons. The third-order valence-corrected chi connectivity index (χ3v) is 7.72. The van der Waals surface area contributed by atoms with Gasteiger partial charge in [0, 0.05) is 31.3 Å². The average molecular weight is 451 g/mol. The normalized spacial score (nSPS) is 14.8. The Bertz CT molecular complexity index is 1220. The first-order chi connectivity index (χ1) is 15.4. The van der Waals surface area contributed by atoms with E-state index in [1.807, 2.05) is 54.6 Å². The van der Waals surface area contributed by atoms with Gasteiger partial charge in [-0.1, -0.05) is 54.6 Å². The molecule has 0 atom stereocenters. The van der Waals surface area contributed by atoms with Gasteiger partial charge in [-0.2, -0.15) is 4.31 Å². The third-order valence-electron chi connectivity index (χ3n) is 5.68. The molecule has 0 radical (unpaired) electrons. The molecule has 0 saturated carbocycles. The Balaban J connectivity index is 1.69. The Morgan fingerprint density at radius 2 is 1.59 bits per heavy atom. The van der Waals surface area contributed by atoms with Gasteiger partial charge < -0.3 is 9.64 Å². The van der Waals surface area contributed by atoms with E-state index in [-0.39, 0.29) is 10.8 Å². The van der Waals surface area contributed by atoms with E-state index in [0.717, 1.165) is 16.8 Å².